The highest BCUT2D eigenvalue weighted by molar-refractivity contribution is 7.99. The van der Waals surface area contributed by atoms with Crippen LogP contribution in [0.4, 0.5) is 5.69 Å². The summed E-state index contributed by atoms with van der Waals surface area (Å²) in [5, 5.41) is 11.7. The van der Waals surface area contributed by atoms with Crippen molar-refractivity contribution in [2.75, 3.05) is 17.7 Å². The molecule has 6 nitrogen and oxygen atoms in total. The van der Waals surface area contributed by atoms with Crippen LogP contribution in [0.15, 0.2) is 46.2 Å². The summed E-state index contributed by atoms with van der Waals surface area (Å²) in [6, 6.07) is 5.28. The number of hydrogen-bond donors (Lipinski definition) is 3. The quantitative estimate of drug-likeness (QED) is 0.480. The van der Waals surface area contributed by atoms with Gasteiger partial charge in [-0.3, -0.25) is 9.78 Å². The number of H-pyrrole nitrogens is 1. The molecule has 0 aliphatic heterocycles. The van der Waals surface area contributed by atoms with Crippen molar-refractivity contribution in [1.82, 2.24) is 9.97 Å². The number of aliphatic hydroxyl groups is 1. The average molecular weight is 317 g/mol. The van der Waals surface area contributed by atoms with Crippen LogP contribution in [0, 0.1) is 0 Å². The molecule has 0 saturated heterocycles. The fraction of sp³-hybridized carbons (Fsp3) is 0.200. The zero-order chi connectivity index (χ0) is 15.4. The maximum absolute atomic E-state index is 12.3. The lowest BCUT2D eigenvalue weighted by molar-refractivity contribution is 0.102. The highest BCUT2D eigenvalue weighted by atomic mass is 32.2. The molecular formula is C15H15N3O3S. The van der Waals surface area contributed by atoms with E-state index in [1.807, 2.05) is 6.07 Å². The number of nitrogens with zero attached hydrogens (tertiary/aromatic N) is 1. The van der Waals surface area contributed by atoms with Crippen molar-refractivity contribution in [3.05, 3.63) is 42.5 Å². The van der Waals surface area contributed by atoms with E-state index < -0.39 is 0 Å². The lowest BCUT2D eigenvalue weighted by Gasteiger charge is -2.09. The number of amides is 1. The summed E-state index contributed by atoms with van der Waals surface area (Å²) < 4.78 is 5.24. The fourth-order valence-corrected chi connectivity index (χ4v) is 2.92. The molecule has 0 aliphatic rings. The molecule has 3 N–H and O–H groups in total. The number of hydrogen-bond acceptors (Lipinski definition) is 5. The minimum atomic E-state index is -0.247. The second-order valence-electron chi connectivity index (χ2n) is 4.63. The zero-order valence-corrected chi connectivity index (χ0v) is 12.5. The van der Waals surface area contributed by atoms with Crippen LogP contribution in [0.2, 0.25) is 0 Å². The van der Waals surface area contributed by atoms with E-state index in [2.05, 4.69) is 15.3 Å². The summed E-state index contributed by atoms with van der Waals surface area (Å²) in [5.41, 5.74) is 2.52. The summed E-state index contributed by atoms with van der Waals surface area (Å²) >= 11 is 1.57. The average Bonchev–Trinajstić information content (AvgIpc) is 3.10. The van der Waals surface area contributed by atoms with Gasteiger partial charge in [0.1, 0.15) is 5.69 Å². The Morgan fingerprint density at radius 1 is 1.45 bits per heavy atom. The third-order valence-corrected chi connectivity index (χ3v) is 4.23. The lowest BCUT2D eigenvalue weighted by Crippen LogP contribution is -2.13. The fourth-order valence-electron chi connectivity index (χ4n) is 2.01. The van der Waals surface area contributed by atoms with E-state index in [0.29, 0.717) is 23.4 Å². The zero-order valence-electron chi connectivity index (χ0n) is 11.7. The van der Waals surface area contributed by atoms with E-state index in [1.54, 1.807) is 42.6 Å². The molecule has 0 radical (unpaired) electrons. The largest absolute Gasteiger partial charge is 0.463 e. The molecule has 1 amide bonds. The van der Waals surface area contributed by atoms with Gasteiger partial charge in [0.05, 0.1) is 23.7 Å². The monoisotopic (exact) mass is 317 g/mol. The van der Waals surface area contributed by atoms with Gasteiger partial charge in [0.2, 0.25) is 0 Å². The van der Waals surface area contributed by atoms with Crippen LogP contribution in [-0.2, 0) is 0 Å². The van der Waals surface area contributed by atoms with Crippen molar-refractivity contribution in [2.45, 2.75) is 11.3 Å². The molecule has 3 heterocycles. The van der Waals surface area contributed by atoms with Gasteiger partial charge in [-0.1, -0.05) is 0 Å². The van der Waals surface area contributed by atoms with Gasteiger partial charge in [-0.15, -0.1) is 11.8 Å². The minimum Gasteiger partial charge on any atom is -0.463 e. The van der Waals surface area contributed by atoms with Gasteiger partial charge in [-0.25, -0.2) is 0 Å². The van der Waals surface area contributed by atoms with Crippen molar-refractivity contribution < 1.29 is 14.3 Å². The molecule has 3 aromatic heterocycles. The number of fused-ring (bicyclic) bond motifs is 1. The molecule has 0 spiro atoms. The van der Waals surface area contributed by atoms with Gasteiger partial charge in [0.15, 0.2) is 5.58 Å². The molecule has 0 unspecified atom stereocenters. The Morgan fingerprint density at radius 2 is 2.36 bits per heavy atom. The first-order valence-corrected chi connectivity index (χ1v) is 7.82. The van der Waals surface area contributed by atoms with Crippen molar-refractivity contribution >= 4 is 34.5 Å². The maximum Gasteiger partial charge on any atom is 0.272 e. The Balaban J connectivity index is 1.74. The van der Waals surface area contributed by atoms with Gasteiger partial charge in [-0.05, 0) is 12.5 Å². The first kappa shape index (κ1) is 14.7. The molecule has 0 fully saturated rings. The second kappa shape index (κ2) is 6.67. The van der Waals surface area contributed by atoms with Gasteiger partial charge in [-0.2, -0.15) is 0 Å². The van der Waals surface area contributed by atoms with Gasteiger partial charge in [0, 0.05) is 35.6 Å². The summed E-state index contributed by atoms with van der Waals surface area (Å²) in [7, 11) is 0. The van der Waals surface area contributed by atoms with Crippen molar-refractivity contribution in [2.24, 2.45) is 0 Å². The van der Waals surface area contributed by atoms with Crippen molar-refractivity contribution in [3.63, 3.8) is 0 Å². The number of aromatic nitrogens is 2. The number of carbonyl (C=O) groups is 1. The number of rotatable bonds is 6. The van der Waals surface area contributed by atoms with Crippen LogP contribution in [-0.4, -0.2) is 33.3 Å². The molecule has 0 aliphatic carbocycles. The summed E-state index contributed by atoms with van der Waals surface area (Å²) in [5.74, 6) is 0.530. The van der Waals surface area contributed by atoms with Crippen LogP contribution in [0.1, 0.15) is 16.9 Å². The molecule has 22 heavy (non-hydrogen) atoms. The van der Waals surface area contributed by atoms with Crippen LogP contribution in [0.25, 0.3) is 11.1 Å². The number of nitrogens with one attached hydrogen (secondary N) is 2. The van der Waals surface area contributed by atoms with Crippen molar-refractivity contribution in [3.8, 4) is 0 Å². The highest BCUT2D eigenvalue weighted by Crippen LogP contribution is 2.27. The molecule has 0 saturated carbocycles. The number of carbonyl (C=O) groups excluding carboxylic acids is 1. The molecule has 0 atom stereocenters. The van der Waals surface area contributed by atoms with Crippen LogP contribution in [0.3, 0.4) is 0 Å². The first-order chi connectivity index (χ1) is 10.8. The predicted octanol–water partition coefficient (Wildman–Crippen LogP) is 2.88. The first-order valence-electron chi connectivity index (χ1n) is 6.83. The van der Waals surface area contributed by atoms with E-state index >= 15 is 0 Å². The third kappa shape index (κ3) is 3.15. The summed E-state index contributed by atoms with van der Waals surface area (Å²) in [6.07, 6.45) is 5.57. The van der Waals surface area contributed by atoms with Crippen molar-refractivity contribution in [1.29, 1.82) is 0 Å². The maximum atomic E-state index is 12.3. The molecule has 3 aromatic rings. The smallest absolute Gasteiger partial charge is 0.272 e. The molecule has 114 valence electrons. The normalized spacial score (nSPS) is 11.0. The number of thioether (sulfide) groups is 1. The summed E-state index contributed by atoms with van der Waals surface area (Å²) in [6.45, 7) is 0.154. The predicted molar refractivity (Wildman–Crippen MR) is 85.2 cm³/mol. The molecule has 0 bridgehead atoms. The van der Waals surface area contributed by atoms with Crippen LogP contribution in [0.5, 0.6) is 0 Å². The van der Waals surface area contributed by atoms with E-state index in [9.17, 15) is 4.79 Å². The second-order valence-corrected chi connectivity index (χ2v) is 5.77. The number of aliphatic hydroxyl groups excluding tert-OH is 1. The number of anilines is 1. The molecule has 7 heteroatoms. The summed E-state index contributed by atoms with van der Waals surface area (Å²) in [4.78, 5) is 20.3. The Bertz CT molecular complexity index is 753. The van der Waals surface area contributed by atoms with E-state index in [4.69, 9.17) is 9.52 Å². The SMILES string of the molecule is O=C(Nc1cnccc1SCCCO)c1cc2occc2[nH]1. The Kier molecular flexibility index (Phi) is 4.45. The standard InChI is InChI=1S/C15H15N3O3S/c19-5-1-7-22-14-2-4-16-9-12(14)18-15(20)11-8-13-10(17-11)3-6-21-13/h2-4,6,8-9,17,19H,1,5,7H2,(H,18,20). The number of furan rings is 1. The molecule has 0 aromatic carbocycles. The van der Waals surface area contributed by atoms with Gasteiger partial charge < -0.3 is 19.8 Å². The number of aromatic amines is 1. The molecular weight excluding hydrogens is 302 g/mol. The van der Waals surface area contributed by atoms with Gasteiger partial charge in [0.25, 0.3) is 5.91 Å². The van der Waals surface area contributed by atoms with E-state index in [-0.39, 0.29) is 12.5 Å². The van der Waals surface area contributed by atoms with Gasteiger partial charge >= 0.3 is 0 Å². The van der Waals surface area contributed by atoms with E-state index in [1.165, 1.54) is 0 Å². The highest BCUT2D eigenvalue weighted by Gasteiger charge is 2.13. The Morgan fingerprint density at radius 3 is 3.18 bits per heavy atom. The van der Waals surface area contributed by atoms with E-state index in [0.717, 1.165) is 16.2 Å². The Hall–Kier alpha value is -2.25. The topological polar surface area (TPSA) is 91.2 Å². The molecule has 3 rings (SSSR count). The lowest BCUT2D eigenvalue weighted by atomic mass is 10.3. The number of pyridine rings is 1. The minimum absolute atomic E-state index is 0.154. The Labute approximate surface area is 130 Å². The third-order valence-electron chi connectivity index (χ3n) is 3.07. The van der Waals surface area contributed by atoms with Crippen LogP contribution >= 0.6 is 11.8 Å². The van der Waals surface area contributed by atoms with Crippen LogP contribution < -0.4 is 5.32 Å².